The number of rotatable bonds is 4. The molecule has 0 bridgehead atoms. The third-order valence-electron chi connectivity index (χ3n) is 7.80. The average Bonchev–Trinajstić information content (AvgIpc) is 2.87. The van der Waals surface area contributed by atoms with Gasteiger partial charge in [-0.05, 0) is 88.4 Å². The number of ether oxygens (including phenoxy) is 1. The van der Waals surface area contributed by atoms with E-state index in [1.54, 1.807) is 0 Å². The van der Waals surface area contributed by atoms with Gasteiger partial charge in [-0.2, -0.15) is 0 Å². The van der Waals surface area contributed by atoms with Gasteiger partial charge in [-0.1, -0.05) is 79.9 Å². The standard InChI is InChI=1S/C31H32O/c1-2-6-23(7-3-1)24-11-15-27(16-12-24)32-21-22-10-17-29-26(20-22)14-19-30-28-9-5-4-8-25(28)13-18-31(29)30/h4-5,8-9,11-12,14-17,19-20,22-23H,1-3,6-7,10,13,18,21H2. The lowest BCUT2D eigenvalue weighted by molar-refractivity contribution is 0.284. The monoisotopic (exact) mass is 420 g/mol. The molecule has 3 aromatic rings. The summed E-state index contributed by atoms with van der Waals surface area (Å²) in [5, 5.41) is 2.85. The van der Waals surface area contributed by atoms with Crippen molar-refractivity contribution in [1.29, 1.82) is 0 Å². The average molecular weight is 421 g/mol. The van der Waals surface area contributed by atoms with Crippen molar-refractivity contribution >= 4 is 12.2 Å². The van der Waals surface area contributed by atoms with Crippen molar-refractivity contribution < 1.29 is 4.74 Å². The summed E-state index contributed by atoms with van der Waals surface area (Å²) in [5.74, 6) is 2.20. The summed E-state index contributed by atoms with van der Waals surface area (Å²) in [6.07, 6.45) is 15.1. The third kappa shape index (κ3) is 3.79. The Morgan fingerprint density at radius 2 is 1.62 bits per heavy atom. The highest BCUT2D eigenvalue weighted by atomic mass is 16.5. The van der Waals surface area contributed by atoms with Crippen LogP contribution in [0.25, 0.3) is 23.3 Å². The molecule has 1 atom stereocenters. The minimum atomic E-state index is 0.439. The molecule has 6 rings (SSSR count). The lowest BCUT2D eigenvalue weighted by Crippen LogP contribution is -2.35. The maximum atomic E-state index is 6.21. The van der Waals surface area contributed by atoms with Crippen molar-refractivity contribution in [3.8, 4) is 16.9 Å². The van der Waals surface area contributed by atoms with Crippen LogP contribution in [0, 0.1) is 5.92 Å². The van der Waals surface area contributed by atoms with E-state index in [-0.39, 0.29) is 0 Å². The van der Waals surface area contributed by atoms with Gasteiger partial charge in [0.15, 0.2) is 0 Å². The summed E-state index contributed by atoms with van der Waals surface area (Å²) < 4.78 is 6.21. The second-order valence-electron chi connectivity index (χ2n) is 9.83. The van der Waals surface area contributed by atoms with Gasteiger partial charge in [-0.25, -0.2) is 0 Å². The smallest absolute Gasteiger partial charge is 0.119 e. The Hall–Kier alpha value is -2.80. The molecular weight excluding hydrogens is 388 g/mol. The zero-order valence-corrected chi connectivity index (χ0v) is 18.9. The number of benzene rings is 3. The number of hydrogen-bond acceptors (Lipinski definition) is 1. The van der Waals surface area contributed by atoms with E-state index in [0.29, 0.717) is 5.92 Å². The van der Waals surface area contributed by atoms with Crippen LogP contribution >= 0.6 is 0 Å². The maximum Gasteiger partial charge on any atom is 0.119 e. The fourth-order valence-electron chi connectivity index (χ4n) is 6.03. The second kappa shape index (κ2) is 8.62. The fourth-order valence-corrected chi connectivity index (χ4v) is 6.03. The molecule has 3 aliphatic rings. The van der Waals surface area contributed by atoms with Gasteiger partial charge in [0.2, 0.25) is 0 Å². The topological polar surface area (TPSA) is 9.23 Å². The van der Waals surface area contributed by atoms with Crippen molar-refractivity contribution in [2.45, 2.75) is 57.3 Å². The van der Waals surface area contributed by atoms with Crippen molar-refractivity contribution in [1.82, 2.24) is 0 Å². The highest BCUT2D eigenvalue weighted by Crippen LogP contribution is 2.34. The third-order valence-corrected chi connectivity index (χ3v) is 7.80. The second-order valence-corrected chi connectivity index (χ2v) is 9.83. The molecule has 0 radical (unpaired) electrons. The predicted molar refractivity (Wildman–Crippen MR) is 133 cm³/mol. The Morgan fingerprint density at radius 3 is 2.50 bits per heavy atom. The lowest BCUT2D eigenvalue weighted by atomic mass is 9.82. The largest absolute Gasteiger partial charge is 0.493 e. The predicted octanol–water partition coefficient (Wildman–Crippen LogP) is 6.16. The quantitative estimate of drug-likeness (QED) is 0.491. The summed E-state index contributed by atoms with van der Waals surface area (Å²) in [4.78, 5) is 0. The SMILES string of the molecule is C1=c2ccc3c(c2=CCC1COc1ccc(C2CCCCC2)cc1)CCc1ccccc1-3. The number of fused-ring (bicyclic) bond motifs is 5. The summed E-state index contributed by atoms with van der Waals surface area (Å²) in [7, 11) is 0. The molecule has 0 N–H and O–H groups in total. The first-order chi connectivity index (χ1) is 15.8. The van der Waals surface area contributed by atoms with Crippen LogP contribution in [0.5, 0.6) is 5.75 Å². The Bertz CT molecular complexity index is 1230. The van der Waals surface area contributed by atoms with E-state index in [0.717, 1.165) is 37.5 Å². The van der Waals surface area contributed by atoms with E-state index in [1.807, 2.05) is 0 Å². The first kappa shape index (κ1) is 19.9. The van der Waals surface area contributed by atoms with Crippen LogP contribution in [0.4, 0.5) is 0 Å². The van der Waals surface area contributed by atoms with Crippen LogP contribution < -0.4 is 15.2 Å². The van der Waals surface area contributed by atoms with Crippen molar-refractivity contribution in [2.24, 2.45) is 5.92 Å². The molecule has 1 fully saturated rings. The van der Waals surface area contributed by atoms with Gasteiger partial charge in [-0.15, -0.1) is 0 Å². The van der Waals surface area contributed by atoms with Gasteiger partial charge >= 0.3 is 0 Å². The molecule has 1 nitrogen and oxygen atoms in total. The normalized spacial score (nSPS) is 19.7. The minimum absolute atomic E-state index is 0.439. The van der Waals surface area contributed by atoms with Crippen molar-refractivity contribution in [3.05, 3.63) is 87.8 Å². The zero-order chi connectivity index (χ0) is 21.3. The highest BCUT2D eigenvalue weighted by Gasteiger charge is 2.19. The van der Waals surface area contributed by atoms with Crippen molar-refractivity contribution in [2.75, 3.05) is 6.61 Å². The molecule has 1 saturated carbocycles. The Morgan fingerprint density at radius 1 is 0.781 bits per heavy atom. The molecule has 3 aliphatic carbocycles. The van der Waals surface area contributed by atoms with Crippen LogP contribution in [0.15, 0.2) is 60.7 Å². The van der Waals surface area contributed by atoms with E-state index < -0.39 is 0 Å². The van der Waals surface area contributed by atoms with Crippen molar-refractivity contribution in [3.63, 3.8) is 0 Å². The fraction of sp³-hybridized carbons (Fsp3) is 0.355. The lowest BCUT2D eigenvalue weighted by Gasteiger charge is -2.23. The van der Waals surface area contributed by atoms with Gasteiger partial charge in [0.25, 0.3) is 0 Å². The van der Waals surface area contributed by atoms with Gasteiger partial charge in [0.1, 0.15) is 5.75 Å². The number of aryl methyl sites for hydroxylation is 1. The van der Waals surface area contributed by atoms with Gasteiger partial charge in [0.05, 0.1) is 6.61 Å². The van der Waals surface area contributed by atoms with E-state index in [9.17, 15) is 0 Å². The molecule has 32 heavy (non-hydrogen) atoms. The zero-order valence-electron chi connectivity index (χ0n) is 18.9. The Kier molecular flexibility index (Phi) is 5.35. The van der Waals surface area contributed by atoms with Gasteiger partial charge in [0, 0.05) is 5.92 Å². The Labute approximate surface area is 191 Å². The minimum Gasteiger partial charge on any atom is -0.493 e. The van der Waals surface area contributed by atoms with Gasteiger partial charge < -0.3 is 4.74 Å². The van der Waals surface area contributed by atoms with E-state index in [4.69, 9.17) is 4.74 Å². The molecule has 0 saturated heterocycles. The highest BCUT2D eigenvalue weighted by molar-refractivity contribution is 5.74. The van der Waals surface area contributed by atoms with Crippen LogP contribution in [0.1, 0.15) is 61.1 Å². The van der Waals surface area contributed by atoms with Crippen LogP contribution in [-0.4, -0.2) is 6.61 Å². The van der Waals surface area contributed by atoms with Crippen LogP contribution in [0.3, 0.4) is 0 Å². The molecule has 1 unspecified atom stereocenters. The molecule has 0 aliphatic heterocycles. The van der Waals surface area contributed by atoms with E-state index in [1.165, 1.54) is 70.4 Å². The van der Waals surface area contributed by atoms with Gasteiger partial charge in [-0.3, -0.25) is 0 Å². The molecule has 1 heteroatoms. The first-order valence-corrected chi connectivity index (χ1v) is 12.5. The summed E-state index contributed by atoms with van der Waals surface area (Å²) in [6, 6.07) is 22.5. The molecule has 0 amide bonds. The summed E-state index contributed by atoms with van der Waals surface area (Å²) in [5.41, 5.74) is 7.38. The van der Waals surface area contributed by atoms with Crippen LogP contribution in [-0.2, 0) is 12.8 Å². The van der Waals surface area contributed by atoms with Crippen LogP contribution in [0.2, 0.25) is 0 Å². The molecule has 3 aromatic carbocycles. The van der Waals surface area contributed by atoms with E-state index in [2.05, 4.69) is 72.8 Å². The summed E-state index contributed by atoms with van der Waals surface area (Å²) >= 11 is 0. The number of hydrogen-bond donors (Lipinski definition) is 0. The molecular formula is C31H32O. The maximum absolute atomic E-state index is 6.21. The molecule has 0 spiro atoms. The first-order valence-electron chi connectivity index (χ1n) is 12.5. The Balaban J connectivity index is 1.17. The van der Waals surface area contributed by atoms with E-state index >= 15 is 0 Å². The summed E-state index contributed by atoms with van der Waals surface area (Å²) in [6.45, 7) is 0.749. The molecule has 0 heterocycles. The molecule has 162 valence electrons. The molecule has 0 aromatic heterocycles.